The minimum atomic E-state index is -1.44. The van der Waals surface area contributed by atoms with Gasteiger partial charge < -0.3 is 14.8 Å². The standard InChI is InChI=1S/C12H15BN2O3/c1-10-9-11(13(16)17)3-4-12(10)18-8-7-15-6-2-5-14-15/h2-6,9,16-17H,7-8H2,1H3. The molecule has 0 atom stereocenters. The van der Waals surface area contributed by atoms with Crippen LogP contribution in [0.25, 0.3) is 0 Å². The van der Waals surface area contributed by atoms with Gasteiger partial charge in [-0.2, -0.15) is 5.10 Å². The van der Waals surface area contributed by atoms with Crippen LogP contribution in [0.5, 0.6) is 5.75 Å². The number of nitrogens with zero attached hydrogens (tertiary/aromatic N) is 2. The summed E-state index contributed by atoms with van der Waals surface area (Å²) in [5, 5.41) is 22.2. The molecule has 0 spiro atoms. The lowest BCUT2D eigenvalue weighted by molar-refractivity contribution is 0.289. The minimum absolute atomic E-state index is 0.465. The first-order valence-electron chi connectivity index (χ1n) is 5.74. The summed E-state index contributed by atoms with van der Waals surface area (Å²) in [6, 6.07) is 6.95. The van der Waals surface area contributed by atoms with Gasteiger partial charge in [0.25, 0.3) is 0 Å². The Labute approximate surface area is 106 Å². The van der Waals surface area contributed by atoms with E-state index in [1.165, 1.54) is 0 Å². The molecule has 6 heteroatoms. The molecule has 18 heavy (non-hydrogen) atoms. The van der Waals surface area contributed by atoms with E-state index in [-0.39, 0.29) is 0 Å². The van der Waals surface area contributed by atoms with Gasteiger partial charge in [0.1, 0.15) is 12.4 Å². The molecule has 0 fully saturated rings. The van der Waals surface area contributed by atoms with Crippen molar-refractivity contribution >= 4 is 12.6 Å². The highest BCUT2D eigenvalue weighted by Gasteiger charge is 2.12. The highest BCUT2D eigenvalue weighted by Crippen LogP contribution is 2.15. The first kappa shape index (κ1) is 12.7. The molecular weight excluding hydrogens is 231 g/mol. The zero-order valence-corrected chi connectivity index (χ0v) is 10.2. The van der Waals surface area contributed by atoms with Crippen molar-refractivity contribution in [1.82, 2.24) is 9.78 Å². The van der Waals surface area contributed by atoms with Gasteiger partial charge in [-0.1, -0.05) is 12.1 Å². The molecule has 0 radical (unpaired) electrons. The third-order valence-electron chi connectivity index (χ3n) is 2.63. The van der Waals surface area contributed by atoms with Crippen molar-refractivity contribution in [2.45, 2.75) is 13.5 Å². The topological polar surface area (TPSA) is 67.5 Å². The Morgan fingerprint density at radius 3 is 2.83 bits per heavy atom. The van der Waals surface area contributed by atoms with Crippen molar-refractivity contribution < 1.29 is 14.8 Å². The van der Waals surface area contributed by atoms with Crippen LogP contribution in [0.1, 0.15) is 5.56 Å². The van der Waals surface area contributed by atoms with E-state index in [1.807, 2.05) is 19.2 Å². The van der Waals surface area contributed by atoms with E-state index in [9.17, 15) is 0 Å². The summed E-state index contributed by atoms with van der Waals surface area (Å²) < 4.78 is 7.41. The second-order valence-corrected chi connectivity index (χ2v) is 4.02. The number of hydrogen-bond donors (Lipinski definition) is 2. The van der Waals surface area contributed by atoms with Gasteiger partial charge in [0, 0.05) is 12.4 Å². The van der Waals surface area contributed by atoms with Crippen molar-refractivity contribution in [3.8, 4) is 5.75 Å². The van der Waals surface area contributed by atoms with Crippen LogP contribution in [0.15, 0.2) is 36.7 Å². The number of hydrogen-bond acceptors (Lipinski definition) is 4. The van der Waals surface area contributed by atoms with Crippen molar-refractivity contribution in [2.75, 3.05) is 6.61 Å². The fraction of sp³-hybridized carbons (Fsp3) is 0.250. The van der Waals surface area contributed by atoms with Crippen LogP contribution in [0.3, 0.4) is 0 Å². The van der Waals surface area contributed by atoms with E-state index < -0.39 is 7.12 Å². The van der Waals surface area contributed by atoms with Crippen LogP contribution >= 0.6 is 0 Å². The second-order valence-electron chi connectivity index (χ2n) is 4.02. The Kier molecular flexibility index (Phi) is 4.01. The molecule has 2 aromatic rings. The first-order chi connectivity index (χ1) is 8.66. The van der Waals surface area contributed by atoms with Crippen LogP contribution in [0, 0.1) is 6.92 Å². The normalized spacial score (nSPS) is 10.4. The molecule has 2 N–H and O–H groups in total. The maximum absolute atomic E-state index is 9.04. The molecular formula is C12H15BN2O3. The molecule has 0 unspecified atom stereocenters. The van der Waals surface area contributed by atoms with Gasteiger partial charge in [-0.25, -0.2) is 0 Å². The summed E-state index contributed by atoms with van der Waals surface area (Å²) in [7, 11) is -1.44. The average Bonchev–Trinajstić information content (AvgIpc) is 2.84. The number of aryl methyl sites for hydroxylation is 1. The van der Waals surface area contributed by atoms with E-state index in [2.05, 4.69) is 5.10 Å². The third kappa shape index (κ3) is 3.12. The van der Waals surface area contributed by atoms with E-state index in [0.29, 0.717) is 18.6 Å². The molecule has 0 aliphatic heterocycles. The van der Waals surface area contributed by atoms with Crippen molar-refractivity contribution in [3.63, 3.8) is 0 Å². The van der Waals surface area contributed by atoms with Crippen molar-refractivity contribution in [3.05, 3.63) is 42.2 Å². The van der Waals surface area contributed by atoms with Gasteiger partial charge in [0.05, 0.1) is 6.54 Å². The van der Waals surface area contributed by atoms with E-state index in [1.54, 1.807) is 29.1 Å². The molecule has 0 amide bonds. The van der Waals surface area contributed by atoms with Crippen LogP contribution in [-0.2, 0) is 6.54 Å². The van der Waals surface area contributed by atoms with Gasteiger partial charge in [0.15, 0.2) is 0 Å². The van der Waals surface area contributed by atoms with E-state index in [4.69, 9.17) is 14.8 Å². The number of ether oxygens (including phenoxy) is 1. The number of aromatic nitrogens is 2. The summed E-state index contributed by atoms with van der Waals surface area (Å²) in [5.74, 6) is 0.742. The lowest BCUT2D eigenvalue weighted by Gasteiger charge is -2.10. The average molecular weight is 246 g/mol. The van der Waals surface area contributed by atoms with Gasteiger partial charge >= 0.3 is 7.12 Å². The van der Waals surface area contributed by atoms with Crippen molar-refractivity contribution in [1.29, 1.82) is 0 Å². The quantitative estimate of drug-likeness (QED) is 0.726. The third-order valence-corrected chi connectivity index (χ3v) is 2.63. The Balaban J connectivity index is 1.93. The van der Waals surface area contributed by atoms with Crippen LogP contribution in [0.4, 0.5) is 0 Å². The predicted octanol–water partition coefficient (Wildman–Crippen LogP) is -0.0497. The fourth-order valence-electron chi connectivity index (χ4n) is 1.68. The molecule has 1 aromatic heterocycles. The Morgan fingerprint density at radius 1 is 1.39 bits per heavy atom. The summed E-state index contributed by atoms with van der Waals surface area (Å²) in [5.41, 5.74) is 1.34. The molecule has 2 rings (SSSR count). The van der Waals surface area contributed by atoms with Gasteiger partial charge in [-0.3, -0.25) is 4.68 Å². The molecule has 0 aliphatic rings. The SMILES string of the molecule is Cc1cc(B(O)O)ccc1OCCn1cccn1. The smallest absolute Gasteiger partial charge is 0.488 e. The summed E-state index contributed by atoms with van der Waals surface area (Å²) in [6.45, 7) is 3.06. The predicted molar refractivity (Wildman–Crippen MR) is 68.7 cm³/mol. The zero-order valence-electron chi connectivity index (χ0n) is 10.2. The number of rotatable bonds is 5. The monoisotopic (exact) mass is 246 g/mol. The largest absolute Gasteiger partial charge is 0.491 e. The van der Waals surface area contributed by atoms with E-state index >= 15 is 0 Å². The first-order valence-corrected chi connectivity index (χ1v) is 5.74. The zero-order chi connectivity index (χ0) is 13.0. The minimum Gasteiger partial charge on any atom is -0.491 e. The van der Waals surface area contributed by atoms with Crippen molar-refractivity contribution in [2.24, 2.45) is 0 Å². The second kappa shape index (κ2) is 5.70. The molecule has 1 aromatic carbocycles. The Hall–Kier alpha value is -1.79. The molecule has 5 nitrogen and oxygen atoms in total. The molecule has 1 heterocycles. The van der Waals surface area contributed by atoms with Crippen LogP contribution < -0.4 is 10.2 Å². The van der Waals surface area contributed by atoms with Gasteiger partial charge in [-0.15, -0.1) is 0 Å². The van der Waals surface area contributed by atoms with Crippen LogP contribution in [0.2, 0.25) is 0 Å². The summed E-state index contributed by atoms with van der Waals surface area (Å²) in [6.07, 6.45) is 3.60. The fourth-order valence-corrected chi connectivity index (χ4v) is 1.68. The van der Waals surface area contributed by atoms with Gasteiger partial charge in [-0.05, 0) is 30.1 Å². The highest BCUT2D eigenvalue weighted by molar-refractivity contribution is 6.58. The van der Waals surface area contributed by atoms with E-state index in [0.717, 1.165) is 11.3 Å². The molecule has 0 saturated carbocycles. The number of benzene rings is 1. The molecule has 94 valence electrons. The molecule has 0 saturated heterocycles. The maximum Gasteiger partial charge on any atom is 0.488 e. The lowest BCUT2D eigenvalue weighted by Crippen LogP contribution is -2.29. The highest BCUT2D eigenvalue weighted by atomic mass is 16.5. The van der Waals surface area contributed by atoms with Gasteiger partial charge in [0.2, 0.25) is 0 Å². The van der Waals surface area contributed by atoms with Crippen LogP contribution in [-0.4, -0.2) is 33.6 Å². The Morgan fingerprint density at radius 2 is 2.22 bits per heavy atom. The summed E-state index contributed by atoms with van der Waals surface area (Å²) >= 11 is 0. The molecule has 0 aliphatic carbocycles. The summed E-state index contributed by atoms with van der Waals surface area (Å²) in [4.78, 5) is 0. The maximum atomic E-state index is 9.04. The molecule has 0 bridgehead atoms. The lowest BCUT2D eigenvalue weighted by atomic mass is 9.79. The Bertz CT molecular complexity index is 500.